The first kappa shape index (κ1) is 17.0. The Morgan fingerprint density at radius 2 is 1.92 bits per heavy atom. The topological polar surface area (TPSA) is 32.7 Å². The number of hydrogen-bond donors (Lipinski definition) is 1. The fourth-order valence-corrected chi connectivity index (χ4v) is 6.86. The van der Waals surface area contributed by atoms with Crippen LogP contribution in [0.4, 0.5) is 0 Å². The molecular weight excluding hydrogens is 318 g/mol. The summed E-state index contributed by atoms with van der Waals surface area (Å²) in [4.78, 5) is 3.59. The van der Waals surface area contributed by atoms with Gasteiger partial charge in [0.15, 0.2) is 0 Å². The first-order valence-electron chi connectivity index (χ1n) is 9.57. The smallest absolute Gasteiger partial charge is 0.0900 e. The predicted molar refractivity (Wildman–Crippen MR) is 98.1 cm³/mol. The molecule has 134 valence electrons. The summed E-state index contributed by atoms with van der Waals surface area (Å²) in [5.74, 6) is 3.01. The van der Waals surface area contributed by atoms with Gasteiger partial charge in [-0.3, -0.25) is 0 Å². The molecule has 4 aliphatic rings. The number of rotatable bonds is 8. The molecule has 3 nitrogen and oxygen atoms in total. The Bertz CT molecular complexity index is 494. The third-order valence-corrected chi connectivity index (χ3v) is 7.28. The van der Waals surface area contributed by atoms with Gasteiger partial charge in [-0.2, -0.15) is 0 Å². The molecule has 5 rings (SSSR count). The van der Waals surface area contributed by atoms with Gasteiger partial charge in [0.05, 0.1) is 19.3 Å². The third kappa shape index (κ3) is 3.87. The highest BCUT2D eigenvalue weighted by molar-refractivity contribution is 7.09. The summed E-state index contributed by atoms with van der Waals surface area (Å²) in [5.41, 5.74) is 0.557. The van der Waals surface area contributed by atoms with Crippen molar-refractivity contribution in [3.05, 3.63) is 22.4 Å². The second-order valence-corrected chi connectivity index (χ2v) is 9.89. The van der Waals surface area contributed by atoms with Crippen molar-refractivity contribution in [2.75, 3.05) is 26.7 Å². The molecule has 0 saturated heterocycles. The maximum atomic E-state index is 10.3. The maximum Gasteiger partial charge on any atom is 0.0900 e. The second-order valence-electron chi connectivity index (χ2n) is 8.86. The van der Waals surface area contributed by atoms with Crippen molar-refractivity contribution in [2.45, 2.75) is 51.2 Å². The third-order valence-electron chi connectivity index (χ3n) is 6.43. The Morgan fingerprint density at radius 1 is 1.25 bits per heavy atom. The van der Waals surface area contributed by atoms with Crippen molar-refractivity contribution in [2.24, 2.45) is 23.2 Å². The van der Waals surface area contributed by atoms with Crippen molar-refractivity contribution < 1.29 is 9.84 Å². The minimum atomic E-state index is -0.385. The number of aliphatic hydroxyl groups is 1. The summed E-state index contributed by atoms with van der Waals surface area (Å²) < 4.78 is 5.67. The Hall–Kier alpha value is -0.420. The van der Waals surface area contributed by atoms with Crippen molar-refractivity contribution in [1.29, 1.82) is 0 Å². The van der Waals surface area contributed by atoms with Gasteiger partial charge < -0.3 is 14.7 Å². The number of ether oxygens (including phenoxy) is 1. The Morgan fingerprint density at radius 3 is 2.50 bits per heavy atom. The largest absolute Gasteiger partial charge is 0.389 e. The van der Waals surface area contributed by atoms with Crippen LogP contribution >= 0.6 is 11.3 Å². The van der Waals surface area contributed by atoms with Gasteiger partial charge in [0.1, 0.15) is 0 Å². The SMILES string of the molecule is CN(CC(O)COCc1cccs1)CC12CC3CC(CC(C3)C1)C2. The molecule has 4 saturated carbocycles. The van der Waals surface area contributed by atoms with Crippen LogP contribution in [0.1, 0.15) is 43.4 Å². The Balaban J connectivity index is 1.22. The van der Waals surface area contributed by atoms with Crippen LogP contribution in [0.5, 0.6) is 0 Å². The number of hydrogen-bond acceptors (Lipinski definition) is 4. The summed E-state index contributed by atoms with van der Waals surface area (Å²) in [6, 6.07) is 4.12. The van der Waals surface area contributed by atoms with Gasteiger partial charge in [0, 0.05) is 18.0 Å². The van der Waals surface area contributed by atoms with E-state index in [1.165, 1.54) is 49.9 Å². The molecule has 4 fully saturated rings. The minimum absolute atomic E-state index is 0.385. The van der Waals surface area contributed by atoms with Crippen LogP contribution in [0, 0.1) is 23.2 Å². The molecule has 4 aliphatic carbocycles. The molecule has 1 N–H and O–H groups in total. The number of likely N-dealkylation sites (N-methyl/N-ethyl adjacent to an activating group) is 1. The molecule has 4 bridgehead atoms. The van der Waals surface area contributed by atoms with E-state index >= 15 is 0 Å². The predicted octanol–water partition coefficient (Wildman–Crippen LogP) is 3.77. The van der Waals surface area contributed by atoms with E-state index in [0.29, 0.717) is 18.6 Å². The molecule has 0 aliphatic heterocycles. The monoisotopic (exact) mass is 349 g/mol. The fraction of sp³-hybridized carbons (Fsp3) is 0.800. The average molecular weight is 350 g/mol. The van der Waals surface area contributed by atoms with Crippen LogP contribution in [0.2, 0.25) is 0 Å². The van der Waals surface area contributed by atoms with Crippen molar-refractivity contribution in [1.82, 2.24) is 4.90 Å². The molecule has 0 spiro atoms. The highest BCUT2D eigenvalue weighted by atomic mass is 32.1. The summed E-state index contributed by atoms with van der Waals surface area (Å²) in [6.07, 6.45) is 8.44. The van der Waals surface area contributed by atoms with Gasteiger partial charge >= 0.3 is 0 Å². The van der Waals surface area contributed by atoms with Crippen molar-refractivity contribution >= 4 is 11.3 Å². The van der Waals surface area contributed by atoms with Crippen LogP contribution in [-0.4, -0.2) is 42.9 Å². The number of thiophene rings is 1. The lowest BCUT2D eigenvalue weighted by atomic mass is 9.49. The zero-order chi connectivity index (χ0) is 16.6. The van der Waals surface area contributed by atoms with E-state index in [2.05, 4.69) is 23.4 Å². The van der Waals surface area contributed by atoms with Crippen molar-refractivity contribution in [3.63, 3.8) is 0 Å². The van der Waals surface area contributed by atoms with E-state index < -0.39 is 0 Å². The van der Waals surface area contributed by atoms with E-state index in [1.807, 2.05) is 6.07 Å². The summed E-state index contributed by atoms with van der Waals surface area (Å²) in [5, 5.41) is 12.4. The van der Waals surface area contributed by atoms with E-state index in [0.717, 1.165) is 24.3 Å². The first-order valence-corrected chi connectivity index (χ1v) is 10.4. The standard InChI is InChI=1S/C20H31NO2S/c1-21(11-18(22)12-23-13-19-3-2-4-24-19)14-20-8-15-5-16(9-20)7-17(6-15)10-20/h2-4,15-18,22H,5-14H2,1H3. The highest BCUT2D eigenvalue weighted by Crippen LogP contribution is 2.60. The summed E-state index contributed by atoms with van der Waals surface area (Å²) in [7, 11) is 2.18. The van der Waals surface area contributed by atoms with Crippen LogP contribution in [-0.2, 0) is 11.3 Å². The van der Waals surface area contributed by atoms with E-state index in [1.54, 1.807) is 11.3 Å². The van der Waals surface area contributed by atoms with E-state index in [-0.39, 0.29) is 6.10 Å². The summed E-state index contributed by atoms with van der Waals surface area (Å²) >= 11 is 1.71. The van der Waals surface area contributed by atoms with Gasteiger partial charge in [-0.15, -0.1) is 11.3 Å². The molecule has 1 aromatic heterocycles. The molecule has 0 amide bonds. The molecule has 1 unspecified atom stereocenters. The fourth-order valence-electron chi connectivity index (χ4n) is 6.22. The lowest BCUT2D eigenvalue weighted by molar-refractivity contribution is -0.0721. The maximum absolute atomic E-state index is 10.3. The number of aliphatic hydroxyl groups excluding tert-OH is 1. The van der Waals surface area contributed by atoms with Gasteiger partial charge in [-0.1, -0.05) is 6.07 Å². The Kier molecular flexibility index (Phi) is 5.01. The molecule has 4 heteroatoms. The lowest BCUT2D eigenvalue weighted by Gasteiger charge is -2.57. The molecule has 1 aromatic rings. The molecule has 0 aromatic carbocycles. The van der Waals surface area contributed by atoms with Crippen LogP contribution in [0.3, 0.4) is 0 Å². The normalized spacial score (nSPS) is 35.7. The lowest BCUT2D eigenvalue weighted by Crippen LogP contribution is -2.51. The zero-order valence-electron chi connectivity index (χ0n) is 14.8. The van der Waals surface area contributed by atoms with Gasteiger partial charge in [0.2, 0.25) is 0 Å². The Labute approximate surface area is 150 Å². The molecule has 1 heterocycles. The zero-order valence-corrected chi connectivity index (χ0v) is 15.6. The minimum Gasteiger partial charge on any atom is -0.389 e. The van der Waals surface area contributed by atoms with Gasteiger partial charge in [0.25, 0.3) is 0 Å². The molecule has 24 heavy (non-hydrogen) atoms. The molecule has 0 radical (unpaired) electrons. The van der Waals surface area contributed by atoms with E-state index in [4.69, 9.17) is 4.74 Å². The molecule has 1 atom stereocenters. The number of nitrogens with zero attached hydrogens (tertiary/aromatic N) is 1. The summed E-state index contributed by atoms with van der Waals surface area (Å²) in [6.45, 7) is 2.95. The van der Waals surface area contributed by atoms with Crippen molar-refractivity contribution in [3.8, 4) is 0 Å². The van der Waals surface area contributed by atoms with Gasteiger partial charge in [-0.05, 0) is 80.2 Å². The van der Waals surface area contributed by atoms with Crippen LogP contribution in [0.15, 0.2) is 17.5 Å². The quantitative estimate of drug-likeness (QED) is 0.775. The molecular formula is C20H31NO2S. The second kappa shape index (κ2) is 7.06. The van der Waals surface area contributed by atoms with Crippen LogP contribution in [0.25, 0.3) is 0 Å². The first-order chi connectivity index (χ1) is 11.6. The van der Waals surface area contributed by atoms with Crippen LogP contribution < -0.4 is 0 Å². The van der Waals surface area contributed by atoms with E-state index in [9.17, 15) is 5.11 Å². The van der Waals surface area contributed by atoms with Gasteiger partial charge in [-0.25, -0.2) is 0 Å². The average Bonchev–Trinajstić information content (AvgIpc) is 2.98. The highest BCUT2D eigenvalue weighted by Gasteiger charge is 2.50.